The molecule has 4 rings (SSSR count). The number of amides is 1. The molecule has 13 heteroatoms. The van der Waals surface area contributed by atoms with Crippen LogP contribution in [-0.4, -0.2) is 126 Å². The van der Waals surface area contributed by atoms with Gasteiger partial charge in [0.1, 0.15) is 24.0 Å². The molecule has 0 unspecified atom stereocenters. The number of aliphatic hydroxyl groups is 3. The van der Waals surface area contributed by atoms with Crippen LogP contribution in [-0.2, 0) is 42.9 Å². The maximum absolute atomic E-state index is 14.3. The van der Waals surface area contributed by atoms with Gasteiger partial charge in [-0.3, -0.25) is 14.4 Å². The van der Waals surface area contributed by atoms with E-state index in [1.165, 1.54) is 19.1 Å². The number of methoxy groups -OCH3 is 3. The van der Waals surface area contributed by atoms with Crippen molar-refractivity contribution in [3.8, 4) is 0 Å². The van der Waals surface area contributed by atoms with Crippen LogP contribution in [0.1, 0.15) is 105 Å². The third-order valence-corrected chi connectivity index (χ3v) is 12.9. The molecule has 0 aromatic carbocycles. The average Bonchev–Trinajstić information content (AvgIpc) is 3.18. The van der Waals surface area contributed by atoms with Gasteiger partial charge in [0.25, 0.3) is 11.7 Å². The van der Waals surface area contributed by atoms with Crippen molar-refractivity contribution < 1.29 is 58.2 Å². The lowest BCUT2D eigenvalue weighted by Gasteiger charge is -2.47. The molecular weight excluding hydrogens is 734 g/mol. The maximum Gasteiger partial charge on any atom is 0.329 e. The van der Waals surface area contributed by atoms with E-state index in [4.69, 9.17) is 23.7 Å². The Morgan fingerprint density at radius 3 is 2.25 bits per heavy atom. The van der Waals surface area contributed by atoms with Crippen molar-refractivity contribution in [1.29, 1.82) is 0 Å². The molecule has 3 fully saturated rings. The van der Waals surface area contributed by atoms with Crippen LogP contribution in [0.2, 0.25) is 0 Å². The zero-order chi connectivity index (χ0) is 42.2. The highest BCUT2D eigenvalue weighted by atomic mass is 16.7. The quantitative estimate of drug-likeness (QED) is 0.185. The van der Waals surface area contributed by atoms with Gasteiger partial charge in [0.2, 0.25) is 5.79 Å². The molecular formula is C44H69NO12. The third kappa shape index (κ3) is 11.3. The number of hydrogen-bond acceptors (Lipinski definition) is 12. The second-order valence-corrected chi connectivity index (χ2v) is 17.3. The van der Waals surface area contributed by atoms with E-state index in [0.717, 1.165) is 5.57 Å². The molecule has 1 saturated carbocycles. The molecule has 1 amide bonds. The first-order valence-corrected chi connectivity index (χ1v) is 20.9. The first kappa shape index (κ1) is 46.9. The Labute approximate surface area is 339 Å². The summed E-state index contributed by atoms with van der Waals surface area (Å²) in [4.78, 5) is 57.8. The molecule has 57 heavy (non-hydrogen) atoms. The van der Waals surface area contributed by atoms with E-state index in [0.29, 0.717) is 56.9 Å². The minimum atomic E-state index is -2.51. The number of piperidine rings is 1. The Morgan fingerprint density at radius 2 is 1.60 bits per heavy atom. The summed E-state index contributed by atoms with van der Waals surface area (Å²) >= 11 is 0. The number of ketones is 2. The van der Waals surface area contributed by atoms with Crippen molar-refractivity contribution in [2.45, 2.75) is 160 Å². The fraction of sp³-hybridized carbons (Fsp3) is 0.773. The molecule has 14 atom stereocenters. The molecule has 0 spiro atoms. The fourth-order valence-electron chi connectivity index (χ4n) is 9.42. The minimum Gasteiger partial charge on any atom is -0.456 e. The Hall–Kier alpha value is -2.78. The Kier molecular flexibility index (Phi) is 17.2. The predicted octanol–water partition coefficient (Wildman–Crippen LogP) is 4.64. The molecule has 0 aromatic rings. The Balaban J connectivity index is 1.78. The zero-order valence-electron chi connectivity index (χ0n) is 35.4. The van der Waals surface area contributed by atoms with Gasteiger partial charge in [-0.1, -0.05) is 44.6 Å². The van der Waals surface area contributed by atoms with Gasteiger partial charge in [0.05, 0.1) is 30.5 Å². The van der Waals surface area contributed by atoms with E-state index in [1.54, 1.807) is 27.0 Å². The Bertz CT molecular complexity index is 1480. The summed E-state index contributed by atoms with van der Waals surface area (Å²) in [6, 6.07) is -1.14. The molecule has 3 aliphatic heterocycles. The molecule has 1 aliphatic carbocycles. The van der Waals surface area contributed by atoms with Crippen LogP contribution in [0, 0.1) is 29.6 Å². The van der Waals surface area contributed by atoms with Gasteiger partial charge in [0.15, 0.2) is 0 Å². The Morgan fingerprint density at radius 1 is 0.930 bits per heavy atom. The van der Waals surface area contributed by atoms with Crippen molar-refractivity contribution in [2.24, 2.45) is 29.6 Å². The molecule has 0 aromatic heterocycles. The minimum absolute atomic E-state index is 0.00988. The van der Waals surface area contributed by atoms with E-state index in [-0.39, 0.29) is 49.5 Å². The summed E-state index contributed by atoms with van der Waals surface area (Å²) in [6.07, 6.45) is 4.93. The molecule has 2 saturated heterocycles. The normalized spacial score (nSPS) is 41.0. The number of rotatable bonds is 7. The predicted molar refractivity (Wildman–Crippen MR) is 213 cm³/mol. The number of nitrogens with zero attached hydrogens (tertiary/aromatic N) is 1. The molecule has 2 bridgehead atoms. The van der Waals surface area contributed by atoms with Crippen LogP contribution >= 0.6 is 0 Å². The second kappa shape index (κ2) is 21.0. The number of aliphatic hydroxyl groups excluding tert-OH is 2. The van der Waals surface area contributed by atoms with Crippen molar-refractivity contribution >= 4 is 23.4 Å². The average molecular weight is 804 g/mol. The van der Waals surface area contributed by atoms with Gasteiger partial charge in [-0.15, -0.1) is 6.58 Å². The molecule has 4 aliphatic rings. The van der Waals surface area contributed by atoms with Crippen LogP contribution in [0.5, 0.6) is 0 Å². The number of cyclic esters (lactones) is 1. The van der Waals surface area contributed by atoms with Gasteiger partial charge in [0, 0.05) is 52.0 Å². The van der Waals surface area contributed by atoms with Crippen molar-refractivity contribution in [1.82, 2.24) is 4.90 Å². The summed E-state index contributed by atoms with van der Waals surface area (Å²) < 4.78 is 29.7. The second-order valence-electron chi connectivity index (χ2n) is 17.3. The first-order valence-electron chi connectivity index (χ1n) is 20.9. The monoisotopic (exact) mass is 803 g/mol. The standard InChI is InChI=1S/C44H69NO12/c1-10-13-31-19-25(2)18-26(3)20-37(54-8)40-38(55-9)22-28(5)44(52,57-40)41(49)42(50)45-17-12-11-14-32(45)43(51)56-39(29(6)34(47)24-35(31)48)27(4)21-30-15-16-33(46)36(23-30)53-7/h10,19,21,26,28-34,36-40,46-47,52H,1,11-18,20,22-24H2,2-9H3/b25-19+,27-21+/t26-,28+,29+,30-,31+,32-,33-,34-,36+,37-,38-,39+,40+,44+/m0/s1. The topological polar surface area (TPSA) is 178 Å². The van der Waals surface area contributed by atoms with Crippen LogP contribution in [0.3, 0.4) is 0 Å². The number of hydrogen-bond donors (Lipinski definition) is 3. The number of carbonyl (C=O) groups is 4. The summed E-state index contributed by atoms with van der Waals surface area (Å²) in [5, 5.41) is 34.1. The number of ether oxygens (including phenoxy) is 5. The summed E-state index contributed by atoms with van der Waals surface area (Å²) in [6.45, 7) is 13.1. The van der Waals surface area contributed by atoms with Crippen LogP contribution in [0.4, 0.5) is 0 Å². The third-order valence-electron chi connectivity index (χ3n) is 12.9. The fourth-order valence-corrected chi connectivity index (χ4v) is 9.42. The number of carbonyl (C=O) groups excluding carboxylic acids is 4. The summed E-state index contributed by atoms with van der Waals surface area (Å²) in [7, 11) is 4.61. The maximum atomic E-state index is 14.3. The van der Waals surface area contributed by atoms with Gasteiger partial charge in [-0.2, -0.15) is 0 Å². The van der Waals surface area contributed by atoms with Gasteiger partial charge in [-0.25, -0.2) is 4.79 Å². The highest BCUT2D eigenvalue weighted by molar-refractivity contribution is 6.39. The van der Waals surface area contributed by atoms with E-state index in [1.807, 2.05) is 32.9 Å². The lowest BCUT2D eigenvalue weighted by molar-refractivity contribution is -0.302. The number of esters is 1. The lowest BCUT2D eigenvalue weighted by atomic mass is 9.81. The smallest absolute Gasteiger partial charge is 0.329 e. The highest BCUT2D eigenvalue weighted by Crippen LogP contribution is 2.39. The van der Waals surface area contributed by atoms with Crippen molar-refractivity contribution in [2.75, 3.05) is 27.9 Å². The SMILES string of the molecule is C=CC[C@@H]1/C=C(\C)C[C@H](C)C[C@H](OC)[C@H]2O[C@@](O)(C(=O)C(=O)N3CCCC[C@H]3C(=O)O[C@H](/C(C)=C/[C@@H]3CC[C@H](O)[C@H](OC)C3)[C@H](C)[C@@H](O)CC1=O)[C@H](C)C[C@@H]2OC. The van der Waals surface area contributed by atoms with Crippen LogP contribution < -0.4 is 0 Å². The molecule has 322 valence electrons. The number of fused-ring (bicyclic) bond motifs is 3. The summed E-state index contributed by atoms with van der Waals surface area (Å²) in [5.74, 6) is -7.76. The molecule has 3 heterocycles. The first-order chi connectivity index (χ1) is 27.0. The molecule has 13 nitrogen and oxygen atoms in total. The van der Waals surface area contributed by atoms with Crippen molar-refractivity contribution in [3.63, 3.8) is 0 Å². The van der Waals surface area contributed by atoms with E-state index in [2.05, 4.69) is 6.58 Å². The molecule has 3 N–H and O–H groups in total. The van der Waals surface area contributed by atoms with Gasteiger partial charge < -0.3 is 43.9 Å². The highest BCUT2D eigenvalue weighted by Gasteiger charge is 2.56. The number of allylic oxidation sites excluding steroid dienone is 4. The number of Topliss-reactive ketones (excluding diaryl/α,β-unsaturated/α-hetero) is 2. The zero-order valence-corrected chi connectivity index (χ0v) is 35.4. The van der Waals surface area contributed by atoms with Crippen LogP contribution in [0.15, 0.2) is 36.0 Å². The van der Waals surface area contributed by atoms with Crippen molar-refractivity contribution in [3.05, 3.63) is 36.0 Å². The summed E-state index contributed by atoms with van der Waals surface area (Å²) in [5.41, 5.74) is 1.61. The van der Waals surface area contributed by atoms with Gasteiger partial charge >= 0.3 is 5.97 Å². The largest absolute Gasteiger partial charge is 0.456 e. The molecule has 0 radical (unpaired) electrons. The lowest BCUT2D eigenvalue weighted by Crippen LogP contribution is -2.64. The van der Waals surface area contributed by atoms with E-state index < -0.39 is 83.9 Å². The van der Waals surface area contributed by atoms with Gasteiger partial charge in [-0.05, 0) is 95.5 Å². The van der Waals surface area contributed by atoms with E-state index >= 15 is 0 Å². The van der Waals surface area contributed by atoms with Crippen LogP contribution in [0.25, 0.3) is 0 Å². The van der Waals surface area contributed by atoms with E-state index in [9.17, 15) is 34.5 Å².